The van der Waals surface area contributed by atoms with E-state index in [9.17, 15) is 19.3 Å². The highest BCUT2D eigenvalue weighted by molar-refractivity contribution is 6.04. The zero-order chi connectivity index (χ0) is 15.4. The third kappa shape index (κ3) is 3.30. The second kappa shape index (κ2) is 5.95. The number of nitro benzene ring substituents is 1. The van der Waals surface area contributed by atoms with Crippen molar-refractivity contribution in [1.29, 1.82) is 0 Å². The maximum Gasteiger partial charge on any atom is 0.271 e. The van der Waals surface area contributed by atoms with Crippen molar-refractivity contribution in [1.82, 2.24) is 4.98 Å². The molecular weight excluding hydrogens is 279 g/mol. The molecule has 0 aliphatic heterocycles. The van der Waals surface area contributed by atoms with Crippen LogP contribution in [0.5, 0.6) is 0 Å². The number of hydrogen-bond acceptors (Lipinski definition) is 5. The number of nitro groups is 1. The summed E-state index contributed by atoms with van der Waals surface area (Å²) in [6, 6.07) is 5.85. The van der Waals surface area contributed by atoms with Crippen LogP contribution in [0.3, 0.4) is 0 Å². The van der Waals surface area contributed by atoms with Crippen LogP contribution in [0.4, 0.5) is 21.6 Å². The summed E-state index contributed by atoms with van der Waals surface area (Å²) in [7, 11) is 1.64. The molecule has 1 aromatic carbocycles. The molecule has 0 fully saturated rings. The summed E-state index contributed by atoms with van der Waals surface area (Å²) in [5.74, 6) is -0.868. The van der Waals surface area contributed by atoms with Crippen LogP contribution in [0.25, 0.3) is 0 Å². The molecule has 108 valence electrons. The summed E-state index contributed by atoms with van der Waals surface area (Å²) >= 11 is 0. The molecule has 0 bridgehead atoms. The summed E-state index contributed by atoms with van der Waals surface area (Å²) in [6.07, 6.45) is 1.42. The van der Waals surface area contributed by atoms with Crippen molar-refractivity contribution in [2.75, 3.05) is 17.7 Å². The number of benzene rings is 1. The molecule has 2 aromatic rings. The molecule has 0 atom stereocenters. The van der Waals surface area contributed by atoms with Crippen LogP contribution in [0.1, 0.15) is 10.4 Å². The van der Waals surface area contributed by atoms with E-state index in [1.54, 1.807) is 7.05 Å². The highest BCUT2D eigenvalue weighted by Crippen LogP contribution is 2.22. The van der Waals surface area contributed by atoms with Gasteiger partial charge < -0.3 is 10.6 Å². The first-order valence-corrected chi connectivity index (χ1v) is 5.90. The van der Waals surface area contributed by atoms with Gasteiger partial charge in [-0.05, 0) is 18.2 Å². The lowest BCUT2D eigenvalue weighted by atomic mass is 10.2. The van der Waals surface area contributed by atoms with E-state index in [2.05, 4.69) is 15.6 Å². The predicted molar refractivity (Wildman–Crippen MR) is 74.8 cm³/mol. The number of carbonyl (C=O) groups excluding carboxylic acids is 1. The topological polar surface area (TPSA) is 97.2 Å². The van der Waals surface area contributed by atoms with Gasteiger partial charge >= 0.3 is 0 Å². The van der Waals surface area contributed by atoms with Crippen molar-refractivity contribution in [2.24, 2.45) is 0 Å². The number of anilines is 2. The minimum atomic E-state index is -0.753. The fourth-order valence-electron chi connectivity index (χ4n) is 1.63. The molecule has 0 aliphatic carbocycles. The first-order chi connectivity index (χ1) is 10.0. The Kier molecular flexibility index (Phi) is 4.07. The van der Waals surface area contributed by atoms with Crippen LogP contribution < -0.4 is 10.6 Å². The van der Waals surface area contributed by atoms with E-state index in [4.69, 9.17) is 0 Å². The quantitative estimate of drug-likeness (QED) is 0.665. The number of rotatable bonds is 4. The van der Waals surface area contributed by atoms with Gasteiger partial charge in [0.25, 0.3) is 11.6 Å². The summed E-state index contributed by atoms with van der Waals surface area (Å²) in [5, 5.41) is 15.7. The Morgan fingerprint density at radius 1 is 1.33 bits per heavy atom. The molecule has 0 aliphatic rings. The number of hydrogen-bond donors (Lipinski definition) is 2. The van der Waals surface area contributed by atoms with Crippen molar-refractivity contribution < 1.29 is 14.1 Å². The third-order valence-corrected chi connectivity index (χ3v) is 2.69. The van der Waals surface area contributed by atoms with Crippen LogP contribution >= 0.6 is 0 Å². The number of non-ortho nitro benzene ring substituents is 1. The fourth-order valence-corrected chi connectivity index (χ4v) is 1.63. The van der Waals surface area contributed by atoms with Gasteiger partial charge in [-0.2, -0.15) is 0 Å². The van der Waals surface area contributed by atoms with Gasteiger partial charge in [-0.15, -0.1) is 0 Å². The number of pyridine rings is 1. The molecule has 0 saturated heterocycles. The maximum atomic E-state index is 13.6. The highest BCUT2D eigenvalue weighted by atomic mass is 19.1. The molecule has 0 spiro atoms. The van der Waals surface area contributed by atoms with Crippen LogP contribution in [-0.2, 0) is 0 Å². The van der Waals surface area contributed by atoms with Gasteiger partial charge in [0.15, 0.2) is 0 Å². The molecule has 0 unspecified atom stereocenters. The fraction of sp³-hybridized carbons (Fsp3) is 0.0769. The zero-order valence-electron chi connectivity index (χ0n) is 11.0. The average Bonchev–Trinajstić information content (AvgIpc) is 2.49. The van der Waals surface area contributed by atoms with Crippen molar-refractivity contribution in [3.63, 3.8) is 0 Å². The number of nitrogens with one attached hydrogen (secondary N) is 2. The number of aromatic nitrogens is 1. The monoisotopic (exact) mass is 290 g/mol. The number of amides is 1. The normalized spacial score (nSPS) is 10.0. The molecule has 2 rings (SSSR count). The Hall–Kier alpha value is -3.03. The zero-order valence-corrected chi connectivity index (χ0v) is 11.0. The van der Waals surface area contributed by atoms with Gasteiger partial charge in [0.1, 0.15) is 11.6 Å². The smallest absolute Gasteiger partial charge is 0.271 e. The van der Waals surface area contributed by atoms with E-state index >= 15 is 0 Å². The minimum absolute atomic E-state index is 0.250. The minimum Gasteiger partial charge on any atom is -0.373 e. The summed E-state index contributed by atoms with van der Waals surface area (Å²) < 4.78 is 13.6. The van der Waals surface area contributed by atoms with Gasteiger partial charge in [-0.3, -0.25) is 14.9 Å². The van der Waals surface area contributed by atoms with E-state index in [0.717, 1.165) is 18.2 Å². The van der Waals surface area contributed by atoms with Crippen LogP contribution in [0, 0.1) is 15.9 Å². The molecule has 2 N–H and O–H groups in total. The summed E-state index contributed by atoms with van der Waals surface area (Å²) in [4.78, 5) is 26.0. The molecule has 0 radical (unpaired) electrons. The van der Waals surface area contributed by atoms with E-state index in [1.807, 2.05) is 0 Å². The summed E-state index contributed by atoms with van der Waals surface area (Å²) in [5.41, 5.74) is -0.311. The van der Waals surface area contributed by atoms with E-state index < -0.39 is 16.6 Å². The molecule has 1 amide bonds. The molecule has 8 heteroatoms. The predicted octanol–water partition coefficient (Wildman–Crippen LogP) is 2.42. The standard InChI is InChI=1S/C13H11FN4O3/c1-15-12-6-8(4-5-16-12)13(19)17-11-7-9(18(20)21)2-3-10(11)14/h2-7H,1H3,(H,15,16)(H,17,19). The Bertz CT molecular complexity index is 706. The van der Waals surface area contributed by atoms with Gasteiger partial charge in [0, 0.05) is 30.9 Å². The molecule has 1 aromatic heterocycles. The van der Waals surface area contributed by atoms with Crippen molar-refractivity contribution in [3.8, 4) is 0 Å². The van der Waals surface area contributed by atoms with E-state index in [-0.39, 0.29) is 16.9 Å². The lowest BCUT2D eigenvalue weighted by molar-refractivity contribution is -0.384. The van der Waals surface area contributed by atoms with Crippen molar-refractivity contribution >= 4 is 23.1 Å². The highest BCUT2D eigenvalue weighted by Gasteiger charge is 2.14. The second-order valence-electron chi connectivity index (χ2n) is 4.06. The van der Waals surface area contributed by atoms with Crippen LogP contribution in [0.2, 0.25) is 0 Å². The van der Waals surface area contributed by atoms with Crippen LogP contribution in [-0.4, -0.2) is 22.9 Å². The lowest BCUT2D eigenvalue weighted by Crippen LogP contribution is -2.13. The largest absolute Gasteiger partial charge is 0.373 e. The van der Waals surface area contributed by atoms with E-state index in [1.165, 1.54) is 18.3 Å². The van der Waals surface area contributed by atoms with E-state index in [0.29, 0.717) is 5.82 Å². The van der Waals surface area contributed by atoms with Gasteiger partial charge in [-0.1, -0.05) is 0 Å². The molecule has 0 saturated carbocycles. The second-order valence-corrected chi connectivity index (χ2v) is 4.06. The Morgan fingerprint density at radius 2 is 2.10 bits per heavy atom. The van der Waals surface area contributed by atoms with Crippen molar-refractivity contribution in [2.45, 2.75) is 0 Å². The summed E-state index contributed by atoms with van der Waals surface area (Å²) in [6.45, 7) is 0. The average molecular weight is 290 g/mol. The van der Waals surface area contributed by atoms with Crippen LogP contribution in [0.15, 0.2) is 36.5 Å². The maximum absolute atomic E-state index is 13.6. The number of carbonyl (C=O) groups is 1. The van der Waals surface area contributed by atoms with Crippen molar-refractivity contribution in [3.05, 3.63) is 58.0 Å². The Morgan fingerprint density at radius 3 is 2.76 bits per heavy atom. The molecule has 7 nitrogen and oxygen atoms in total. The lowest BCUT2D eigenvalue weighted by Gasteiger charge is -2.07. The SMILES string of the molecule is CNc1cc(C(=O)Nc2cc([N+](=O)[O-])ccc2F)ccn1. The Labute approximate surface area is 119 Å². The first kappa shape index (κ1) is 14.4. The van der Waals surface area contributed by atoms with Gasteiger partial charge in [0.2, 0.25) is 0 Å². The van der Waals surface area contributed by atoms with Gasteiger partial charge in [-0.25, -0.2) is 9.37 Å². The molecular formula is C13H11FN4O3. The number of nitrogens with zero attached hydrogens (tertiary/aromatic N) is 2. The third-order valence-electron chi connectivity index (χ3n) is 2.69. The first-order valence-electron chi connectivity index (χ1n) is 5.90. The Balaban J connectivity index is 2.26. The molecule has 1 heterocycles. The molecule has 21 heavy (non-hydrogen) atoms. The number of halogens is 1. The van der Waals surface area contributed by atoms with Gasteiger partial charge in [0.05, 0.1) is 10.6 Å².